The number of likely N-dealkylation sites (tertiary alicyclic amines) is 1. The lowest BCUT2D eigenvalue weighted by molar-refractivity contribution is 0.220. The van der Waals surface area contributed by atoms with Crippen LogP contribution >= 0.6 is 0 Å². The summed E-state index contributed by atoms with van der Waals surface area (Å²) >= 11 is 0. The molecule has 0 bridgehead atoms. The number of carbonyl (C=O) groups is 1. The first kappa shape index (κ1) is 20.5. The topological polar surface area (TPSA) is 90.7 Å². The number of hydrogen-bond donors (Lipinski definition) is 1. The van der Waals surface area contributed by atoms with Crippen molar-refractivity contribution in [3.05, 3.63) is 48.7 Å². The molecule has 1 N–H and O–H groups in total. The summed E-state index contributed by atoms with van der Waals surface area (Å²) in [4.78, 5) is 14.6. The number of hydrogen-bond acceptors (Lipinski definition) is 6. The Morgan fingerprint density at radius 3 is 2.42 bits per heavy atom. The van der Waals surface area contributed by atoms with E-state index in [0.717, 1.165) is 17.7 Å². The van der Waals surface area contributed by atoms with E-state index in [0.29, 0.717) is 36.0 Å². The molecule has 3 aromatic rings. The Hall–Kier alpha value is -3.75. The normalized spacial score (nSPS) is 15.6. The van der Waals surface area contributed by atoms with Crippen molar-refractivity contribution in [2.24, 2.45) is 0 Å². The van der Waals surface area contributed by atoms with E-state index in [-0.39, 0.29) is 12.1 Å². The van der Waals surface area contributed by atoms with Crippen LogP contribution in [0.15, 0.2) is 48.7 Å². The summed E-state index contributed by atoms with van der Waals surface area (Å²) in [5.41, 5.74) is 2.40. The van der Waals surface area contributed by atoms with Gasteiger partial charge in [0.05, 0.1) is 39.3 Å². The van der Waals surface area contributed by atoms with Crippen molar-refractivity contribution in [1.29, 1.82) is 0 Å². The highest BCUT2D eigenvalue weighted by Gasteiger charge is 2.29. The summed E-state index contributed by atoms with van der Waals surface area (Å²) in [5, 5.41) is 11.5. The zero-order chi connectivity index (χ0) is 21.8. The highest BCUT2D eigenvalue weighted by molar-refractivity contribution is 5.90. The largest absolute Gasteiger partial charge is 0.493 e. The molecule has 9 heteroatoms. The molecule has 1 aliphatic rings. The SMILES string of the molecule is COc1cc(NC(=O)N2CCC(n3cc(-c4ccccc4)nn3)C2)cc(OC)c1OC. The lowest BCUT2D eigenvalue weighted by atomic mass is 10.2. The van der Waals surface area contributed by atoms with Crippen LogP contribution in [0.1, 0.15) is 12.5 Å². The minimum Gasteiger partial charge on any atom is -0.493 e. The highest BCUT2D eigenvalue weighted by atomic mass is 16.5. The number of rotatable bonds is 6. The van der Waals surface area contributed by atoms with Gasteiger partial charge in [-0.1, -0.05) is 35.5 Å². The molecule has 1 atom stereocenters. The number of ether oxygens (including phenoxy) is 3. The Labute approximate surface area is 180 Å². The van der Waals surface area contributed by atoms with Gasteiger partial charge in [0.1, 0.15) is 5.69 Å². The van der Waals surface area contributed by atoms with Crippen LogP contribution in [-0.2, 0) is 0 Å². The van der Waals surface area contributed by atoms with Gasteiger partial charge >= 0.3 is 6.03 Å². The van der Waals surface area contributed by atoms with Gasteiger partial charge in [0.25, 0.3) is 0 Å². The first-order valence-corrected chi connectivity index (χ1v) is 9.96. The molecule has 0 radical (unpaired) electrons. The van der Waals surface area contributed by atoms with E-state index in [1.807, 2.05) is 41.2 Å². The van der Waals surface area contributed by atoms with Crippen LogP contribution in [0.3, 0.4) is 0 Å². The van der Waals surface area contributed by atoms with Gasteiger partial charge in [-0.3, -0.25) is 0 Å². The number of carbonyl (C=O) groups excluding carboxylic acids is 1. The van der Waals surface area contributed by atoms with Crippen LogP contribution in [0.5, 0.6) is 17.2 Å². The van der Waals surface area contributed by atoms with Crippen molar-refractivity contribution in [3.63, 3.8) is 0 Å². The number of urea groups is 1. The molecule has 31 heavy (non-hydrogen) atoms. The van der Waals surface area contributed by atoms with Crippen molar-refractivity contribution in [2.45, 2.75) is 12.5 Å². The third-order valence-corrected chi connectivity index (χ3v) is 5.32. The Morgan fingerprint density at radius 2 is 1.77 bits per heavy atom. The maximum absolute atomic E-state index is 12.8. The number of anilines is 1. The van der Waals surface area contributed by atoms with Crippen LogP contribution in [0.25, 0.3) is 11.3 Å². The van der Waals surface area contributed by atoms with Crippen molar-refractivity contribution in [2.75, 3.05) is 39.7 Å². The maximum Gasteiger partial charge on any atom is 0.321 e. The van der Waals surface area contributed by atoms with Crippen molar-refractivity contribution >= 4 is 11.7 Å². The minimum atomic E-state index is -0.194. The first-order valence-electron chi connectivity index (χ1n) is 9.96. The number of aromatic nitrogens is 3. The molecule has 4 rings (SSSR count). The number of methoxy groups -OCH3 is 3. The van der Waals surface area contributed by atoms with E-state index < -0.39 is 0 Å². The fraction of sp³-hybridized carbons (Fsp3) is 0.318. The van der Waals surface area contributed by atoms with Gasteiger partial charge in [0, 0.05) is 30.8 Å². The van der Waals surface area contributed by atoms with E-state index in [2.05, 4.69) is 15.6 Å². The van der Waals surface area contributed by atoms with Crippen LogP contribution in [0, 0.1) is 0 Å². The smallest absolute Gasteiger partial charge is 0.321 e. The number of nitrogens with zero attached hydrogens (tertiary/aromatic N) is 4. The third-order valence-electron chi connectivity index (χ3n) is 5.32. The fourth-order valence-corrected chi connectivity index (χ4v) is 3.69. The van der Waals surface area contributed by atoms with Crippen LogP contribution in [-0.4, -0.2) is 60.3 Å². The third kappa shape index (κ3) is 4.25. The van der Waals surface area contributed by atoms with Crippen molar-refractivity contribution in [3.8, 4) is 28.5 Å². The predicted octanol–water partition coefficient (Wildman–Crippen LogP) is 3.45. The summed E-state index contributed by atoms with van der Waals surface area (Å²) in [5.74, 6) is 1.43. The second kappa shape index (κ2) is 8.95. The molecule has 9 nitrogen and oxygen atoms in total. The van der Waals surface area contributed by atoms with E-state index in [1.54, 1.807) is 17.0 Å². The molecule has 1 fully saturated rings. The zero-order valence-corrected chi connectivity index (χ0v) is 17.7. The first-order chi connectivity index (χ1) is 15.1. The van der Waals surface area contributed by atoms with Crippen LogP contribution < -0.4 is 19.5 Å². The molecule has 2 aromatic carbocycles. The summed E-state index contributed by atoms with van der Waals surface area (Å²) in [6.45, 7) is 1.18. The molecule has 1 unspecified atom stereocenters. The number of benzene rings is 2. The summed E-state index contributed by atoms with van der Waals surface area (Å²) in [7, 11) is 4.61. The Morgan fingerprint density at radius 1 is 1.06 bits per heavy atom. The van der Waals surface area contributed by atoms with Crippen LogP contribution in [0.2, 0.25) is 0 Å². The summed E-state index contributed by atoms with van der Waals surface area (Å²) in [6, 6.07) is 13.2. The van der Waals surface area contributed by atoms with Gasteiger partial charge < -0.3 is 24.4 Å². The monoisotopic (exact) mass is 423 g/mol. The van der Waals surface area contributed by atoms with Crippen molar-refractivity contribution < 1.29 is 19.0 Å². The maximum atomic E-state index is 12.8. The van der Waals surface area contributed by atoms with E-state index in [4.69, 9.17) is 14.2 Å². The molecule has 0 saturated carbocycles. The molecular weight excluding hydrogens is 398 g/mol. The average Bonchev–Trinajstić information content (AvgIpc) is 3.49. The Balaban J connectivity index is 1.43. The summed E-state index contributed by atoms with van der Waals surface area (Å²) < 4.78 is 17.9. The second-order valence-corrected chi connectivity index (χ2v) is 7.18. The number of amides is 2. The quantitative estimate of drug-likeness (QED) is 0.653. The minimum absolute atomic E-state index is 0.0793. The molecule has 1 saturated heterocycles. The second-order valence-electron chi connectivity index (χ2n) is 7.18. The molecule has 0 spiro atoms. The lowest BCUT2D eigenvalue weighted by Crippen LogP contribution is -2.33. The van der Waals surface area contributed by atoms with E-state index in [9.17, 15) is 4.79 Å². The van der Waals surface area contributed by atoms with Crippen molar-refractivity contribution in [1.82, 2.24) is 19.9 Å². The molecule has 2 amide bonds. The molecule has 162 valence electrons. The molecule has 1 aromatic heterocycles. The van der Waals surface area contributed by atoms with Gasteiger partial charge in [-0.25, -0.2) is 9.48 Å². The molecule has 1 aliphatic heterocycles. The molecule has 2 heterocycles. The zero-order valence-electron chi connectivity index (χ0n) is 17.7. The number of nitrogens with one attached hydrogen (secondary N) is 1. The fourth-order valence-electron chi connectivity index (χ4n) is 3.69. The Kier molecular flexibility index (Phi) is 5.92. The van der Waals surface area contributed by atoms with Gasteiger partial charge in [0.2, 0.25) is 5.75 Å². The Bertz CT molecular complexity index is 1030. The van der Waals surface area contributed by atoms with E-state index in [1.165, 1.54) is 21.3 Å². The predicted molar refractivity (Wildman–Crippen MR) is 116 cm³/mol. The standard InChI is InChI=1S/C22H25N5O4/c1-29-19-11-16(12-20(30-2)21(19)31-3)23-22(28)26-10-9-17(13-26)27-14-18(24-25-27)15-7-5-4-6-8-15/h4-8,11-12,14,17H,9-10,13H2,1-3H3,(H,23,28). The summed E-state index contributed by atoms with van der Waals surface area (Å²) in [6.07, 6.45) is 2.74. The van der Waals surface area contributed by atoms with Gasteiger partial charge in [0.15, 0.2) is 11.5 Å². The molecule has 0 aliphatic carbocycles. The lowest BCUT2D eigenvalue weighted by Gasteiger charge is -2.19. The highest BCUT2D eigenvalue weighted by Crippen LogP contribution is 2.40. The van der Waals surface area contributed by atoms with Crippen LogP contribution in [0.4, 0.5) is 10.5 Å². The average molecular weight is 423 g/mol. The van der Waals surface area contributed by atoms with Gasteiger partial charge in [-0.15, -0.1) is 5.10 Å². The van der Waals surface area contributed by atoms with E-state index >= 15 is 0 Å². The molecular formula is C22H25N5O4. The van der Waals surface area contributed by atoms with Gasteiger partial charge in [-0.05, 0) is 6.42 Å². The van der Waals surface area contributed by atoms with Gasteiger partial charge in [-0.2, -0.15) is 0 Å².